The van der Waals surface area contributed by atoms with Crippen LogP contribution in [0.1, 0.15) is 41.6 Å². The first-order valence-corrected chi connectivity index (χ1v) is 9.17. The van der Waals surface area contributed by atoms with Crippen molar-refractivity contribution in [1.29, 1.82) is 0 Å². The fraction of sp³-hybridized carbons (Fsp3) is 0.250. The fourth-order valence-electron chi connectivity index (χ4n) is 4.11. The minimum absolute atomic E-state index is 0.0293. The van der Waals surface area contributed by atoms with Crippen LogP contribution >= 0.6 is 0 Å². The molecule has 0 fully saturated rings. The summed E-state index contributed by atoms with van der Waals surface area (Å²) in [6.45, 7) is 4.54. The van der Waals surface area contributed by atoms with E-state index in [0.717, 1.165) is 12.2 Å². The molecule has 26 heavy (non-hydrogen) atoms. The molecule has 3 aromatic rings. The number of hydrogen-bond donors (Lipinski definition) is 1. The molecule has 1 aliphatic heterocycles. The molecule has 4 rings (SSSR count). The Morgan fingerprint density at radius 3 is 2.38 bits per heavy atom. The normalized spacial score (nSPS) is 21.6. The highest BCUT2D eigenvalue weighted by molar-refractivity contribution is 5.63. The number of methoxy groups -OCH3 is 1. The lowest BCUT2D eigenvalue weighted by Gasteiger charge is -2.42. The van der Waals surface area contributed by atoms with Crippen LogP contribution in [0.4, 0.5) is 5.69 Å². The second kappa shape index (κ2) is 6.53. The molecule has 132 valence electrons. The van der Waals surface area contributed by atoms with Gasteiger partial charge in [0.2, 0.25) is 0 Å². The van der Waals surface area contributed by atoms with E-state index < -0.39 is 0 Å². The van der Waals surface area contributed by atoms with Gasteiger partial charge >= 0.3 is 0 Å². The highest BCUT2D eigenvalue weighted by Crippen LogP contribution is 2.48. The summed E-state index contributed by atoms with van der Waals surface area (Å²) in [6, 6.07) is 26.3. The van der Waals surface area contributed by atoms with E-state index in [0.29, 0.717) is 0 Å². The van der Waals surface area contributed by atoms with Crippen molar-refractivity contribution in [1.82, 2.24) is 0 Å². The molecule has 0 amide bonds. The van der Waals surface area contributed by atoms with Crippen molar-refractivity contribution in [2.75, 3.05) is 12.4 Å². The van der Waals surface area contributed by atoms with Crippen LogP contribution < -0.4 is 10.1 Å². The Morgan fingerprint density at radius 1 is 0.962 bits per heavy atom. The summed E-state index contributed by atoms with van der Waals surface area (Å²) in [5.74, 6) is 0.895. The third kappa shape index (κ3) is 2.86. The summed E-state index contributed by atoms with van der Waals surface area (Å²) in [5, 5.41) is 3.76. The van der Waals surface area contributed by atoms with Gasteiger partial charge < -0.3 is 10.1 Å². The van der Waals surface area contributed by atoms with Crippen molar-refractivity contribution in [2.24, 2.45) is 0 Å². The van der Waals surface area contributed by atoms with Gasteiger partial charge in [-0.2, -0.15) is 0 Å². The topological polar surface area (TPSA) is 21.3 Å². The molecule has 0 unspecified atom stereocenters. The Hall–Kier alpha value is -2.74. The average molecular weight is 343 g/mol. The van der Waals surface area contributed by atoms with Crippen molar-refractivity contribution < 1.29 is 4.74 Å². The number of aryl methyl sites for hydroxylation is 1. The van der Waals surface area contributed by atoms with Gasteiger partial charge in [-0.05, 0) is 48.2 Å². The van der Waals surface area contributed by atoms with Crippen LogP contribution in [-0.4, -0.2) is 7.11 Å². The molecule has 2 nitrogen and oxygen atoms in total. The maximum Gasteiger partial charge on any atom is 0.118 e. The molecule has 0 aliphatic carbocycles. The predicted molar refractivity (Wildman–Crippen MR) is 108 cm³/mol. The van der Waals surface area contributed by atoms with Gasteiger partial charge in [-0.3, -0.25) is 0 Å². The number of ether oxygens (including phenoxy) is 1. The van der Waals surface area contributed by atoms with Crippen molar-refractivity contribution in [3.63, 3.8) is 0 Å². The molecule has 0 spiro atoms. The van der Waals surface area contributed by atoms with Crippen LogP contribution in [0.25, 0.3) is 0 Å². The first-order valence-electron chi connectivity index (χ1n) is 9.17. The molecule has 2 atom stereocenters. The quantitative estimate of drug-likeness (QED) is 0.642. The van der Waals surface area contributed by atoms with Gasteiger partial charge in [0.25, 0.3) is 0 Å². The summed E-state index contributed by atoms with van der Waals surface area (Å²) >= 11 is 0. The second-order valence-electron chi connectivity index (χ2n) is 7.42. The second-order valence-corrected chi connectivity index (χ2v) is 7.42. The number of benzene rings is 3. The Morgan fingerprint density at radius 2 is 1.69 bits per heavy atom. The summed E-state index contributed by atoms with van der Waals surface area (Å²) in [5.41, 5.74) is 6.54. The Balaban J connectivity index is 1.81. The third-order valence-electron chi connectivity index (χ3n) is 5.64. The Kier molecular flexibility index (Phi) is 4.20. The minimum atomic E-state index is -0.0293. The van der Waals surface area contributed by atoms with E-state index in [4.69, 9.17) is 4.74 Å². The van der Waals surface area contributed by atoms with E-state index >= 15 is 0 Å². The number of nitrogens with one attached hydrogen (secondary N) is 1. The highest BCUT2D eigenvalue weighted by Gasteiger charge is 2.38. The predicted octanol–water partition coefficient (Wildman–Crippen LogP) is 5.87. The van der Waals surface area contributed by atoms with Crippen LogP contribution in [0.3, 0.4) is 0 Å². The van der Waals surface area contributed by atoms with Gasteiger partial charge in [-0.25, -0.2) is 0 Å². The monoisotopic (exact) mass is 343 g/mol. The van der Waals surface area contributed by atoms with Crippen LogP contribution in [-0.2, 0) is 5.41 Å². The molecule has 1 heterocycles. The summed E-state index contributed by atoms with van der Waals surface area (Å²) in [6.07, 6.45) is 1.01. The molecular formula is C24H25NO. The van der Waals surface area contributed by atoms with Crippen molar-refractivity contribution in [2.45, 2.75) is 31.7 Å². The summed E-state index contributed by atoms with van der Waals surface area (Å²) in [7, 11) is 1.71. The maximum absolute atomic E-state index is 5.32. The number of rotatable bonds is 3. The van der Waals surface area contributed by atoms with Crippen molar-refractivity contribution in [3.05, 3.63) is 95.1 Å². The zero-order chi connectivity index (χ0) is 18.1. The van der Waals surface area contributed by atoms with Gasteiger partial charge in [0, 0.05) is 11.1 Å². The van der Waals surface area contributed by atoms with Crippen LogP contribution in [0.15, 0.2) is 72.8 Å². The zero-order valence-electron chi connectivity index (χ0n) is 15.6. The molecule has 2 heteroatoms. The van der Waals surface area contributed by atoms with E-state index in [2.05, 4.69) is 79.8 Å². The number of anilines is 1. The number of fused-ring (bicyclic) bond motifs is 1. The van der Waals surface area contributed by atoms with Crippen LogP contribution in [0.5, 0.6) is 5.75 Å². The maximum atomic E-state index is 5.32. The largest absolute Gasteiger partial charge is 0.497 e. The smallest absolute Gasteiger partial charge is 0.118 e. The lowest BCUT2D eigenvalue weighted by atomic mass is 9.68. The molecule has 0 radical (unpaired) electrons. The Labute approximate surface area is 155 Å². The van der Waals surface area contributed by atoms with E-state index in [-0.39, 0.29) is 11.5 Å². The molecule has 0 bridgehead atoms. The third-order valence-corrected chi connectivity index (χ3v) is 5.64. The van der Waals surface area contributed by atoms with Crippen LogP contribution in [0, 0.1) is 6.92 Å². The first kappa shape index (κ1) is 16.7. The van der Waals surface area contributed by atoms with Crippen LogP contribution in [0.2, 0.25) is 0 Å². The van der Waals surface area contributed by atoms with Crippen molar-refractivity contribution >= 4 is 5.69 Å². The van der Waals surface area contributed by atoms with Gasteiger partial charge in [0.05, 0.1) is 13.2 Å². The molecule has 1 N–H and O–H groups in total. The van der Waals surface area contributed by atoms with Crippen molar-refractivity contribution in [3.8, 4) is 5.75 Å². The summed E-state index contributed by atoms with van der Waals surface area (Å²) < 4.78 is 5.32. The molecule has 0 aromatic heterocycles. The Bertz CT molecular complexity index is 901. The van der Waals surface area contributed by atoms with E-state index in [1.165, 1.54) is 27.9 Å². The van der Waals surface area contributed by atoms with E-state index in [1.54, 1.807) is 7.11 Å². The van der Waals surface area contributed by atoms with E-state index in [9.17, 15) is 0 Å². The van der Waals surface area contributed by atoms with Gasteiger partial charge in [-0.15, -0.1) is 0 Å². The van der Waals surface area contributed by atoms with Gasteiger partial charge in [-0.1, -0.05) is 67.1 Å². The van der Waals surface area contributed by atoms with E-state index in [1.807, 2.05) is 12.1 Å². The van der Waals surface area contributed by atoms with Gasteiger partial charge in [0.1, 0.15) is 5.75 Å². The first-order chi connectivity index (χ1) is 12.6. The molecule has 3 aromatic carbocycles. The standard InChI is InChI=1S/C24H25NO/c1-17-9-14-22-21(15-17)24(2,19-7-5-4-6-8-19)16-23(25-22)18-10-12-20(26-3)13-11-18/h4-15,23,25H,16H2,1-3H3/t23-,24-/m0/s1. The average Bonchev–Trinajstić information content (AvgIpc) is 2.69. The lowest BCUT2D eigenvalue weighted by molar-refractivity contribution is 0.414. The summed E-state index contributed by atoms with van der Waals surface area (Å²) in [4.78, 5) is 0. The molecule has 0 saturated heterocycles. The zero-order valence-corrected chi connectivity index (χ0v) is 15.6. The minimum Gasteiger partial charge on any atom is -0.497 e. The molecule has 1 aliphatic rings. The SMILES string of the molecule is COc1ccc([C@@H]2C[C@@](C)(c3ccccc3)c3cc(C)ccc3N2)cc1. The fourth-order valence-corrected chi connectivity index (χ4v) is 4.11. The van der Waals surface area contributed by atoms with Gasteiger partial charge in [0.15, 0.2) is 0 Å². The number of hydrogen-bond acceptors (Lipinski definition) is 2. The lowest BCUT2D eigenvalue weighted by Crippen LogP contribution is -2.34. The molecular weight excluding hydrogens is 318 g/mol. The highest BCUT2D eigenvalue weighted by atomic mass is 16.5. The molecule has 0 saturated carbocycles.